The number of esters is 1. The van der Waals surface area contributed by atoms with Gasteiger partial charge in [-0.15, -0.1) is 0 Å². The Bertz CT molecular complexity index is 347. The maximum atomic E-state index is 11.2. The molecule has 0 atom stereocenters. The molecule has 0 saturated heterocycles. The number of Topliss-reactive ketones (excluding diaryl/α,β-unsaturated/α-hetero) is 1. The summed E-state index contributed by atoms with van der Waals surface area (Å²) in [7, 11) is 0. The zero-order valence-electron chi connectivity index (χ0n) is 13.3. The third kappa shape index (κ3) is 15.9. The fraction of sp³-hybridized carbons (Fsp3) is 0.800. The molecule has 1 N–H and O–H groups in total. The Labute approximate surface area is 150 Å². The number of hydrogen-bond donors (Lipinski definition) is 1. The molecule has 0 amide bonds. The van der Waals surface area contributed by atoms with Crippen molar-refractivity contribution in [2.24, 2.45) is 0 Å². The maximum Gasteiger partial charge on any atom is 0.372 e. The number of aliphatic carboxylic acids is 1. The Morgan fingerprint density at radius 2 is 1.39 bits per heavy atom. The second-order valence-corrected chi connectivity index (χ2v) is 5.86. The Morgan fingerprint density at radius 1 is 0.783 bits per heavy atom. The summed E-state index contributed by atoms with van der Waals surface area (Å²) >= 11 is 2.37. The molecule has 0 bridgehead atoms. The van der Waals surface area contributed by atoms with E-state index < -0.39 is 17.7 Å². The summed E-state index contributed by atoms with van der Waals surface area (Å²) in [6.07, 6.45) is 4.17. The molecule has 0 aliphatic carbocycles. The highest BCUT2D eigenvalue weighted by molar-refractivity contribution is 14.1. The SMILES string of the molecule is O=C(CCC(=O)C(=O)O)OCCOCCOCCCCCCI. The minimum atomic E-state index is -1.54. The van der Waals surface area contributed by atoms with Gasteiger partial charge < -0.3 is 19.3 Å². The molecule has 0 unspecified atom stereocenters. The van der Waals surface area contributed by atoms with Crippen LogP contribution in [0.2, 0.25) is 0 Å². The van der Waals surface area contributed by atoms with Crippen LogP contribution in [-0.2, 0) is 28.6 Å². The summed E-state index contributed by atoms with van der Waals surface area (Å²) in [5.41, 5.74) is 0. The van der Waals surface area contributed by atoms with Crippen molar-refractivity contribution in [2.45, 2.75) is 38.5 Å². The quantitative estimate of drug-likeness (QED) is 0.128. The average Bonchev–Trinajstić information content (AvgIpc) is 2.53. The van der Waals surface area contributed by atoms with E-state index in [-0.39, 0.29) is 26.1 Å². The molecule has 8 heteroatoms. The van der Waals surface area contributed by atoms with Crippen molar-refractivity contribution in [3.05, 3.63) is 0 Å². The first-order chi connectivity index (χ1) is 11.1. The summed E-state index contributed by atoms with van der Waals surface area (Å²) < 4.78 is 16.6. The van der Waals surface area contributed by atoms with E-state index in [1.54, 1.807) is 0 Å². The first kappa shape index (κ1) is 22.3. The van der Waals surface area contributed by atoms with E-state index >= 15 is 0 Å². The lowest BCUT2D eigenvalue weighted by molar-refractivity contribution is -0.151. The van der Waals surface area contributed by atoms with Crippen LogP contribution in [0.5, 0.6) is 0 Å². The summed E-state index contributed by atoms with van der Waals surface area (Å²) in [6, 6.07) is 0. The van der Waals surface area contributed by atoms with Crippen LogP contribution in [0.15, 0.2) is 0 Å². The summed E-state index contributed by atoms with van der Waals surface area (Å²) in [5.74, 6) is -3.14. The van der Waals surface area contributed by atoms with Crippen molar-refractivity contribution in [3.8, 4) is 0 Å². The molecule has 23 heavy (non-hydrogen) atoms. The standard InChI is InChI=1S/C15H25IO7/c16-7-3-1-2-4-8-21-9-10-22-11-12-23-14(18)6-5-13(17)15(19)20/h1-12H2,(H,19,20). The topological polar surface area (TPSA) is 99.1 Å². The van der Waals surface area contributed by atoms with Crippen LogP contribution in [0.1, 0.15) is 38.5 Å². The summed E-state index contributed by atoms with van der Waals surface area (Å²) in [4.78, 5) is 32.2. The van der Waals surface area contributed by atoms with E-state index in [0.29, 0.717) is 13.2 Å². The number of ether oxygens (including phenoxy) is 3. The van der Waals surface area contributed by atoms with Crippen LogP contribution in [-0.4, -0.2) is 60.3 Å². The number of ketones is 1. The molecule has 134 valence electrons. The number of alkyl halides is 1. The van der Waals surface area contributed by atoms with Crippen molar-refractivity contribution in [1.29, 1.82) is 0 Å². The van der Waals surface area contributed by atoms with Gasteiger partial charge in [-0.1, -0.05) is 35.4 Å². The van der Waals surface area contributed by atoms with Gasteiger partial charge in [-0.25, -0.2) is 4.79 Å². The Hall–Kier alpha value is -0.740. The van der Waals surface area contributed by atoms with Crippen LogP contribution in [0.3, 0.4) is 0 Å². The largest absolute Gasteiger partial charge is 0.476 e. The highest BCUT2D eigenvalue weighted by Crippen LogP contribution is 2.02. The van der Waals surface area contributed by atoms with Gasteiger partial charge in [0.15, 0.2) is 0 Å². The van der Waals surface area contributed by atoms with Crippen LogP contribution in [0.4, 0.5) is 0 Å². The molecular weight excluding hydrogens is 419 g/mol. The Kier molecular flexibility index (Phi) is 15.6. The minimum Gasteiger partial charge on any atom is -0.476 e. The van der Waals surface area contributed by atoms with E-state index in [1.165, 1.54) is 23.7 Å². The highest BCUT2D eigenvalue weighted by atomic mass is 127. The third-order valence-electron chi connectivity index (χ3n) is 2.83. The fourth-order valence-electron chi connectivity index (χ4n) is 1.58. The lowest BCUT2D eigenvalue weighted by Crippen LogP contribution is -2.17. The molecular formula is C15H25IO7. The van der Waals surface area contributed by atoms with Crippen molar-refractivity contribution < 1.29 is 33.7 Å². The van der Waals surface area contributed by atoms with Gasteiger partial charge >= 0.3 is 11.9 Å². The molecule has 7 nitrogen and oxygen atoms in total. The predicted molar refractivity (Wildman–Crippen MR) is 91.8 cm³/mol. The van der Waals surface area contributed by atoms with Crippen LogP contribution in [0, 0.1) is 0 Å². The molecule has 0 aromatic carbocycles. The van der Waals surface area contributed by atoms with Gasteiger partial charge in [0.25, 0.3) is 0 Å². The van der Waals surface area contributed by atoms with Gasteiger partial charge in [-0.05, 0) is 17.3 Å². The highest BCUT2D eigenvalue weighted by Gasteiger charge is 2.13. The number of rotatable bonds is 16. The molecule has 0 aromatic rings. The molecule has 0 saturated carbocycles. The number of hydrogen-bond acceptors (Lipinski definition) is 6. The number of unbranched alkanes of at least 4 members (excludes halogenated alkanes) is 3. The number of carbonyl (C=O) groups is 3. The van der Waals surface area contributed by atoms with Gasteiger partial charge in [-0.3, -0.25) is 9.59 Å². The van der Waals surface area contributed by atoms with Gasteiger partial charge in [0.2, 0.25) is 5.78 Å². The van der Waals surface area contributed by atoms with Gasteiger partial charge in [0.1, 0.15) is 6.61 Å². The number of halogens is 1. The average molecular weight is 444 g/mol. The van der Waals surface area contributed by atoms with Crippen molar-refractivity contribution >= 4 is 40.3 Å². The lowest BCUT2D eigenvalue weighted by atomic mass is 10.2. The second kappa shape index (κ2) is 16.1. The number of carboxylic acids is 1. The molecule has 0 fully saturated rings. The second-order valence-electron chi connectivity index (χ2n) is 4.78. The smallest absolute Gasteiger partial charge is 0.372 e. The Balaban J connectivity index is 3.25. The lowest BCUT2D eigenvalue weighted by Gasteiger charge is -2.07. The zero-order chi connectivity index (χ0) is 17.3. The van der Waals surface area contributed by atoms with Crippen LogP contribution < -0.4 is 0 Å². The maximum absolute atomic E-state index is 11.2. The fourth-order valence-corrected chi connectivity index (χ4v) is 2.12. The Morgan fingerprint density at radius 3 is 2.04 bits per heavy atom. The minimum absolute atomic E-state index is 0.0798. The zero-order valence-corrected chi connectivity index (χ0v) is 15.4. The van der Waals surface area contributed by atoms with E-state index in [2.05, 4.69) is 22.6 Å². The third-order valence-corrected chi connectivity index (χ3v) is 3.59. The normalized spacial score (nSPS) is 10.5. The van der Waals surface area contributed by atoms with Crippen molar-refractivity contribution in [2.75, 3.05) is 37.5 Å². The molecule has 0 heterocycles. The van der Waals surface area contributed by atoms with E-state index in [0.717, 1.165) is 13.0 Å². The molecule has 0 aliphatic rings. The van der Waals surface area contributed by atoms with Gasteiger partial charge in [0.05, 0.1) is 26.2 Å². The summed E-state index contributed by atoms with van der Waals surface area (Å²) in [6.45, 7) is 2.00. The monoisotopic (exact) mass is 444 g/mol. The van der Waals surface area contributed by atoms with Crippen LogP contribution >= 0.6 is 22.6 Å². The molecule has 0 aliphatic heterocycles. The van der Waals surface area contributed by atoms with Gasteiger partial charge in [-0.2, -0.15) is 0 Å². The van der Waals surface area contributed by atoms with E-state index in [1.807, 2.05) is 0 Å². The van der Waals surface area contributed by atoms with Crippen LogP contribution in [0.25, 0.3) is 0 Å². The number of carboxylic acid groups (broad SMARTS) is 1. The van der Waals surface area contributed by atoms with Gasteiger partial charge in [0, 0.05) is 13.0 Å². The molecule has 0 aromatic heterocycles. The van der Waals surface area contributed by atoms with Crippen molar-refractivity contribution in [3.63, 3.8) is 0 Å². The first-order valence-electron chi connectivity index (χ1n) is 7.71. The molecule has 0 radical (unpaired) electrons. The number of carbonyl (C=O) groups excluding carboxylic acids is 2. The van der Waals surface area contributed by atoms with E-state index in [4.69, 9.17) is 19.3 Å². The van der Waals surface area contributed by atoms with E-state index in [9.17, 15) is 14.4 Å². The molecule has 0 rings (SSSR count). The summed E-state index contributed by atoms with van der Waals surface area (Å²) in [5, 5.41) is 8.35. The van der Waals surface area contributed by atoms with Crippen molar-refractivity contribution in [1.82, 2.24) is 0 Å². The predicted octanol–water partition coefficient (Wildman–Crippen LogP) is 1.99. The molecule has 0 spiro atoms. The first-order valence-corrected chi connectivity index (χ1v) is 9.23.